The molecule has 0 aliphatic heterocycles. The first-order valence-corrected chi connectivity index (χ1v) is 5.82. The van der Waals surface area contributed by atoms with E-state index in [2.05, 4.69) is 5.32 Å². The van der Waals surface area contributed by atoms with Crippen LogP contribution in [-0.2, 0) is 0 Å². The first-order chi connectivity index (χ1) is 7.20. The van der Waals surface area contributed by atoms with E-state index in [1.54, 1.807) is 18.2 Å². The number of carbonyl (C=O) groups excluding carboxylic acids is 1. The molecular weight excluding hydrogens is 215 g/mol. The van der Waals surface area contributed by atoms with Crippen molar-refractivity contribution in [2.45, 2.75) is 0 Å². The lowest BCUT2D eigenvalue weighted by Crippen LogP contribution is -2.38. The van der Waals surface area contributed by atoms with Gasteiger partial charge in [-0.1, -0.05) is 12.1 Å². The first-order valence-electron chi connectivity index (χ1n) is 4.43. The van der Waals surface area contributed by atoms with Gasteiger partial charge >= 0.3 is 6.03 Å². The molecule has 1 N–H and O–H groups in total. The smallest absolute Gasteiger partial charge is 0.322 e. The van der Waals surface area contributed by atoms with E-state index >= 15 is 0 Å². The van der Waals surface area contributed by atoms with Crippen molar-refractivity contribution >= 4 is 23.5 Å². The number of rotatable bonds is 3. The molecular formula is C10H13FN2OS. The highest BCUT2D eigenvalue weighted by Crippen LogP contribution is 2.20. The number of benzene rings is 1. The minimum absolute atomic E-state index is 0.297. The van der Waals surface area contributed by atoms with Crippen LogP contribution in [0.15, 0.2) is 24.3 Å². The lowest BCUT2D eigenvalue weighted by atomic mass is 10.3. The zero-order valence-corrected chi connectivity index (χ0v) is 9.47. The highest BCUT2D eigenvalue weighted by molar-refractivity contribution is 7.98. The summed E-state index contributed by atoms with van der Waals surface area (Å²) in [6.45, 7) is 0. The molecule has 0 fully saturated rings. The molecule has 1 aromatic rings. The van der Waals surface area contributed by atoms with Crippen LogP contribution >= 0.6 is 11.8 Å². The van der Waals surface area contributed by atoms with Gasteiger partial charge in [0.15, 0.2) is 0 Å². The fourth-order valence-corrected chi connectivity index (χ4v) is 1.69. The fourth-order valence-electron chi connectivity index (χ4n) is 1.17. The normalized spacial score (nSPS) is 9.80. The van der Waals surface area contributed by atoms with Crippen LogP contribution in [0.25, 0.3) is 0 Å². The molecule has 0 aromatic heterocycles. The third kappa shape index (κ3) is 2.86. The van der Waals surface area contributed by atoms with E-state index in [-0.39, 0.29) is 6.03 Å². The summed E-state index contributed by atoms with van der Waals surface area (Å²) >= 11 is 1.46. The molecule has 2 amide bonds. The van der Waals surface area contributed by atoms with Gasteiger partial charge < -0.3 is 5.32 Å². The predicted octanol–water partition coefficient (Wildman–Crippen LogP) is 2.29. The molecule has 0 saturated heterocycles. The zero-order chi connectivity index (χ0) is 11.3. The van der Waals surface area contributed by atoms with E-state index in [0.717, 1.165) is 0 Å². The molecule has 1 rings (SSSR count). The van der Waals surface area contributed by atoms with E-state index in [1.807, 2.05) is 6.26 Å². The summed E-state index contributed by atoms with van der Waals surface area (Å²) in [5.41, 5.74) is 0.297. The number of nitrogens with one attached hydrogen (secondary N) is 1. The van der Waals surface area contributed by atoms with E-state index < -0.39 is 5.82 Å². The number of hydrogen-bond acceptors (Lipinski definition) is 2. The number of amides is 2. The number of para-hydroxylation sites is 1. The van der Waals surface area contributed by atoms with Gasteiger partial charge in [-0.15, -0.1) is 11.8 Å². The Labute approximate surface area is 92.7 Å². The molecule has 0 unspecified atom stereocenters. The summed E-state index contributed by atoms with van der Waals surface area (Å²) in [6, 6.07) is 5.91. The Hall–Kier alpha value is -1.23. The molecule has 5 heteroatoms. The summed E-state index contributed by atoms with van der Waals surface area (Å²) in [7, 11) is 1.52. The molecule has 1 aromatic carbocycles. The van der Waals surface area contributed by atoms with Crippen molar-refractivity contribution in [3.63, 3.8) is 0 Å². The number of anilines is 1. The molecule has 3 nitrogen and oxygen atoms in total. The zero-order valence-electron chi connectivity index (χ0n) is 8.66. The number of halogens is 1. The van der Waals surface area contributed by atoms with Crippen molar-refractivity contribution in [2.24, 2.45) is 0 Å². The average Bonchev–Trinajstić information content (AvgIpc) is 2.26. The van der Waals surface area contributed by atoms with Crippen molar-refractivity contribution in [2.75, 3.05) is 24.1 Å². The van der Waals surface area contributed by atoms with Gasteiger partial charge in [-0.25, -0.2) is 9.18 Å². The van der Waals surface area contributed by atoms with Crippen molar-refractivity contribution in [1.29, 1.82) is 0 Å². The number of urea groups is 1. The third-order valence-electron chi connectivity index (χ3n) is 1.86. The van der Waals surface area contributed by atoms with Crippen LogP contribution in [0.3, 0.4) is 0 Å². The maximum Gasteiger partial charge on any atom is 0.322 e. The molecule has 0 bridgehead atoms. The number of hydrogen-bond donors (Lipinski definition) is 1. The van der Waals surface area contributed by atoms with E-state index in [4.69, 9.17) is 0 Å². The summed E-state index contributed by atoms with van der Waals surface area (Å²) in [4.78, 5) is 12.9. The summed E-state index contributed by atoms with van der Waals surface area (Å²) in [6.07, 6.45) is 1.86. The van der Waals surface area contributed by atoms with Crippen LogP contribution in [0.1, 0.15) is 0 Å². The van der Waals surface area contributed by atoms with E-state index in [1.165, 1.54) is 29.8 Å². The van der Waals surface area contributed by atoms with Crippen molar-refractivity contribution < 1.29 is 9.18 Å². The van der Waals surface area contributed by atoms with Gasteiger partial charge in [-0.2, -0.15) is 0 Å². The molecule has 0 atom stereocenters. The van der Waals surface area contributed by atoms with Gasteiger partial charge in [0.2, 0.25) is 0 Å². The van der Waals surface area contributed by atoms with Gasteiger partial charge in [0.25, 0.3) is 0 Å². The molecule has 0 aliphatic rings. The summed E-state index contributed by atoms with van der Waals surface area (Å²) in [5, 5.41) is 2.48. The maximum atomic E-state index is 13.4. The van der Waals surface area contributed by atoms with Crippen LogP contribution < -0.4 is 10.2 Å². The molecule has 0 heterocycles. The molecule has 15 heavy (non-hydrogen) atoms. The molecule has 0 saturated carbocycles. The van der Waals surface area contributed by atoms with Gasteiger partial charge in [-0.3, -0.25) is 4.90 Å². The minimum Gasteiger partial charge on any atom is -0.341 e. The van der Waals surface area contributed by atoms with Crippen molar-refractivity contribution in [3.8, 4) is 0 Å². The van der Waals surface area contributed by atoms with Gasteiger partial charge in [0.05, 0.1) is 11.6 Å². The molecule has 82 valence electrons. The average molecular weight is 228 g/mol. The molecule has 0 aliphatic carbocycles. The van der Waals surface area contributed by atoms with Gasteiger partial charge in [0, 0.05) is 7.05 Å². The fraction of sp³-hybridized carbons (Fsp3) is 0.300. The summed E-state index contributed by atoms with van der Waals surface area (Å²) in [5.74, 6) is 0.0239. The lowest BCUT2D eigenvalue weighted by molar-refractivity contribution is 0.249. The Morgan fingerprint density at radius 3 is 2.73 bits per heavy atom. The molecule has 0 radical (unpaired) electrons. The second kappa shape index (κ2) is 5.60. The lowest BCUT2D eigenvalue weighted by Gasteiger charge is -2.21. The van der Waals surface area contributed by atoms with Crippen molar-refractivity contribution in [1.82, 2.24) is 5.32 Å². The second-order valence-electron chi connectivity index (χ2n) is 2.85. The standard InChI is InChI=1S/C10H13FN2OS/c1-12-10(14)13(7-15-2)9-6-4-3-5-8(9)11/h3-6H,7H2,1-2H3,(H,12,14). The summed E-state index contributed by atoms with van der Waals surface area (Å²) < 4.78 is 13.4. The largest absolute Gasteiger partial charge is 0.341 e. The predicted molar refractivity (Wildman–Crippen MR) is 61.7 cm³/mol. The highest BCUT2D eigenvalue weighted by atomic mass is 32.2. The number of carbonyl (C=O) groups is 1. The van der Waals surface area contributed by atoms with Crippen LogP contribution in [0, 0.1) is 5.82 Å². The van der Waals surface area contributed by atoms with E-state index in [0.29, 0.717) is 11.6 Å². The third-order valence-corrected chi connectivity index (χ3v) is 2.38. The number of nitrogens with zero attached hydrogens (tertiary/aromatic N) is 1. The van der Waals surface area contributed by atoms with E-state index in [9.17, 15) is 9.18 Å². The van der Waals surface area contributed by atoms with Crippen LogP contribution in [0.5, 0.6) is 0 Å². The van der Waals surface area contributed by atoms with Crippen LogP contribution in [0.2, 0.25) is 0 Å². The SMILES string of the molecule is CNC(=O)N(CSC)c1ccccc1F. The Bertz CT molecular complexity index is 346. The Morgan fingerprint density at radius 2 is 2.20 bits per heavy atom. The highest BCUT2D eigenvalue weighted by Gasteiger charge is 2.16. The number of thioether (sulfide) groups is 1. The Morgan fingerprint density at radius 1 is 1.53 bits per heavy atom. The Balaban J connectivity index is 2.98. The van der Waals surface area contributed by atoms with Gasteiger partial charge in [0.1, 0.15) is 5.82 Å². The van der Waals surface area contributed by atoms with Crippen molar-refractivity contribution in [3.05, 3.63) is 30.1 Å². The van der Waals surface area contributed by atoms with Crippen LogP contribution in [-0.4, -0.2) is 25.2 Å². The topological polar surface area (TPSA) is 32.3 Å². The minimum atomic E-state index is -0.393. The Kier molecular flexibility index (Phi) is 4.42. The molecule has 0 spiro atoms. The van der Waals surface area contributed by atoms with Gasteiger partial charge in [-0.05, 0) is 18.4 Å². The maximum absolute atomic E-state index is 13.4. The van der Waals surface area contributed by atoms with Crippen LogP contribution in [0.4, 0.5) is 14.9 Å². The second-order valence-corrected chi connectivity index (χ2v) is 3.69. The first kappa shape index (κ1) is 11.8. The quantitative estimate of drug-likeness (QED) is 0.805. The monoisotopic (exact) mass is 228 g/mol.